The fraction of sp³-hybridized carbons (Fsp3) is 0.462. The Hall–Kier alpha value is -3.46. The number of aromatic nitrogens is 2. The van der Waals surface area contributed by atoms with Crippen LogP contribution in [0.1, 0.15) is 36.7 Å². The van der Waals surface area contributed by atoms with Gasteiger partial charge in [0.15, 0.2) is 0 Å². The highest BCUT2D eigenvalue weighted by Gasteiger charge is 2.26. The van der Waals surface area contributed by atoms with Gasteiger partial charge < -0.3 is 14.4 Å². The van der Waals surface area contributed by atoms with Crippen LogP contribution in [0.3, 0.4) is 0 Å². The summed E-state index contributed by atoms with van der Waals surface area (Å²) in [5, 5.41) is 0. The molecule has 1 aromatic heterocycles. The van der Waals surface area contributed by atoms with Crippen LogP contribution in [0.15, 0.2) is 51.7 Å². The molecule has 0 aliphatic carbocycles. The number of carbonyl (C=O) groups is 2. The van der Waals surface area contributed by atoms with Crippen molar-refractivity contribution in [3.8, 4) is 0 Å². The van der Waals surface area contributed by atoms with E-state index in [1.165, 1.54) is 28.3 Å². The van der Waals surface area contributed by atoms with Gasteiger partial charge in [-0.1, -0.05) is 30.7 Å². The molecule has 1 saturated heterocycles. The minimum atomic E-state index is -0.506. The molecule has 0 bridgehead atoms. The van der Waals surface area contributed by atoms with Crippen LogP contribution in [0.25, 0.3) is 0 Å². The molecule has 35 heavy (non-hydrogen) atoms. The van der Waals surface area contributed by atoms with E-state index in [4.69, 9.17) is 0 Å². The van der Waals surface area contributed by atoms with Gasteiger partial charge in [0.05, 0.1) is 6.54 Å². The maximum Gasteiger partial charge on any atom is 0.330 e. The molecule has 188 valence electrons. The highest BCUT2D eigenvalue weighted by Crippen LogP contribution is 2.13. The number of piperazine rings is 1. The van der Waals surface area contributed by atoms with Crippen LogP contribution in [0, 0.1) is 0 Å². The Kier molecular flexibility index (Phi) is 8.45. The number of hydrogen-bond acceptors (Lipinski definition) is 5. The molecular formula is C26H35N5O4. The maximum atomic E-state index is 13.3. The van der Waals surface area contributed by atoms with Gasteiger partial charge in [-0.05, 0) is 38.0 Å². The van der Waals surface area contributed by atoms with Crippen molar-refractivity contribution in [2.75, 3.05) is 44.2 Å². The minimum Gasteiger partial charge on any atom is -0.336 e. The van der Waals surface area contributed by atoms with Gasteiger partial charge in [-0.2, -0.15) is 0 Å². The van der Waals surface area contributed by atoms with Gasteiger partial charge >= 0.3 is 5.69 Å². The second-order valence-corrected chi connectivity index (χ2v) is 9.18. The van der Waals surface area contributed by atoms with Gasteiger partial charge in [-0.15, -0.1) is 0 Å². The third-order valence-electron chi connectivity index (χ3n) is 6.33. The fourth-order valence-corrected chi connectivity index (χ4v) is 4.03. The molecule has 9 heteroatoms. The zero-order valence-corrected chi connectivity index (χ0v) is 21.3. The molecule has 0 spiro atoms. The zero-order valence-electron chi connectivity index (χ0n) is 21.3. The normalized spacial score (nSPS) is 14.0. The molecule has 1 aliphatic rings. The monoisotopic (exact) mass is 481 g/mol. The van der Waals surface area contributed by atoms with Crippen LogP contribution >= 0.6 is 0 Å². The number of benzene rings is 1. The molecule has 2 aromatic rings. The molecule has 9 nitrogen and oxygen atoms in total. The smallest absolute Gasteiger partial charge is 0.330 e. The molecule has 0 saturated carbocycles. The lowest BCUT2D eigenvalue weighted by molar-refractivity contribution is -0.120. The number of allylic oxidation sites excluding steroid dienone is 1. The number of aryl methyl sites for hydroxylation is 2. The average molecular weight is 482 g/mol. The molecular weight excluding hydrogens is 446 g/mol. The molecule has 0 radical (unpaired) electrons. The van der Waals surface area contributed by atoms with Crippen LogP contribution in [0.5, 0.6) is 0 Å². The lowest BCUT2D eigenvalue weighted by Crippen LogP contribution is -2.52. The summed E-state index contributed by atoms with van der Waals surface area (Å²) < 4.78 is 2.31. The summed E-state index contributed by atoms with van der Waals surface area (Å²) in [6.45, 7) is 8.46. The number of rotatable bonds is 7. The van der Waals surface area contributed by atoms with Gasteiger partial charge in [-0.3, -0.25) is 23.9 Å². The standard InChI is InChI=1S/C26H35N5O4/c1-6-20-7-9-21(10-8-20)24(33)30-15-13-29(14-16-30)18-23(32)31(12-11-19(2)3)22-17-27(4)26(35)28(5)25(22)34/h7-11,17H,6,12-16,18H2,1-5H3. The lowest BCUT2D eigenvalue weighted by atomic mass is 10.1. The van der Waals surface area contributed by atoms with Crippen molar-refractivity contribution < 1.29 is 9.59 Å². The molecule has 0 N–H and O–H groups in total. The number of nitrogens with zero attached hydrogens (tertiary/aromatic N) is 5. The largest absolute Gasteiger partial charge is 0.336 e. The van der Waals surface area contributed by atoms with Crippen molar-refractivity contribution in [3.05, 3.63) is 74.1 Å². The molecule has 0 unspecified atom stereocenters. The van der Waals surface area contributed by atoms with Crippen LogP contribution in [-0.2, 0) is 25.3 Å². The Morgan fingerprint density at radius 2 is 1.63 bits per heavy atom. The van der Waals surface area contributed by atoms with Crippen molar-refractivity contribution in [1.82, 2.24) is 18.9 Å². The second kappa shape index (κ2) is 11.3. The Balaban J connectivity index is 1.70. The predicted octanol–water partition coefficient (Wildman–Crippen LogP) is 1.40. The van der Waals surface area contributed by atoms with Gasteiger partial charge in [0.25, 0.3) is 11.5 Å². The van der Waals surface area contributed by atoms with E-state index in [1.54, 1.807) is 7.05 Å². The quantitative estimate of drug-likeness (QED) is 0.558. The number of anilines is 1. The van der Waals surface area contributed by atoms with Crippen molar-refractivity contribution in [3.63, 3.8) is 0 Å². The third-order valence-corrected chi connectivity index (χ3v) is 6.33. The van der Waals surface area contributed by atoms with Crippen LogP contribution in [0.2, 0.25) is 0 Å². The van der Waals surface area contributed by atoms with Crippen LogP contribution in [-0.4, -0.2) is 70.0 Å². The fourth-order valence-electron chi connectivity index (χ4n) is 4.03. The van der Waals surface area contributed by atoms with Crippen molar-refractivity contribution in [1.29, 1.82) is 0 Å². The molecule has 0 atom stereocenters. The Morgan fingerprint density at radius 1 is 1.00 bits per heavy atom. The van der Waals surface area contributed by atoms with Crippen molar-refractivity contribution >= 4 is 17.5 Å². The molecule has 1 aromatic carbocycles. The summed E-state index contributed by atoms with van der Waals surface area (Å²) in [5.74, 6) is -0.231. The first-order valence-electron chi connectivity index (χ1n) is 11.9. The van der Waals surface area contributed by atoms with E-state index in [9.17, 15) is 19.2 Å². The molecule has 1 fully saturated rings. The average Bonchev–Trinajstić information content (AvgIpc) is 2.85. The number of hydrogen-bond donors (Lipinski definition) is 0. The third kappa shape index (κ3) is 6.16. The van der Waals surface area contributed by atoms with Gasteiger partial charge in [0, 0.05) is 58.6 Å². The highest BCUT2D eigenvalue weighted by atomic mass is 16.2. The van der Waals surface area contributed by atoms with E-state index in [0.29, 0.717) is 31.7 Å². The molecule has 1 aliphatic heterocycles. The molecule has 3 rings (SSSR count). The minimum absolute atomic E-state index is 0.00230. The van der Waals surface area contributed by atoms with Crippen LogP contribution < -0.4 is 16.1 Å². The van der Waals surface area contributed by atoms with Gasteiger partial charge in [0.1, 0.15) is 5.69 Å². The molecule has 2 heterocycles. The van der Waals surface area contributed by atoms with Crippen molar-refractivity contribution in [2.45, 2.75) is 27.2 Å². The van der Waals surface area contributed by atoms with E-state index >= 15 is 0 Å². The summed E-state index contributed by atoms with van der Waals surface area (Å²) >= 11 is 0. The summed E-state index contributed by atoms with van der Waals surface area (Å²) in [5.41, 5.74) is 2.10. The first-order valence-corrected chi connectivity index (χ1v) is 11.9. The maximum absolute atomic E-state index is 13.3. The van der Waals surface area contributed by atoms with E-state index in [-0.39, 0.29) is 30.6 Å². The SMILES string of the molecule is CCc1ccc(C(=O)N2CCN(CC(=O)N(CC=C(C)C)c3cn(C)c(=O)n(C)c3=O)CC2)cc1. The van der Waals surface area contributed by atoms with E-state index < -0.39 is 11.2 Å². The number of amides is 2. The van der Waals surface area contributed by atoms with E-state index in [2.05, 4.69) is 6.92 Å². The van der Waals surface area contributed by atoms with E-state index in [1.807, 2.05) is 54.0 Å². The van der Waals surface area contributed by atoms with Crippen molar-refractivity contribution in [2.24, 2.45) is 14.1 Å². The first kappa shape index (κ1) is 26.2. The van der Waals surface area contributed by atoms with Crippen LogP contribution in [0.4, 0.5) is 5.69 Å². The Morgan fingerprint density at radius 3 is 2.20 bits per heavy atom. The zero-order chi connectivity index (χ0) is 25.7. The summed E-state index contributed by atoms with van der Waals surface area (Å²) in [7, 11) is 2.96. The lowest BCUT2D eigenvalue weighted by Gasteiger charge is -2.35. The first-order chi connectivity index (χ1) is 16.6. The summed E-state index contributed by atoms with van der Waals surface area (Å²) in [6, 6.07) is 7.69. The van der Waals surface area contributed by atoms with E-state index in [0.717, 1.165) is 16.6 Å². The Labute approximate surface area is 205 Å². The second-order valence-electron chi connectivity index (χ2n) is 9.18. The van der Waals surface area contributed by atoms with Gasteiger partial charge in [-0.25, -0.2) is 4.79 Å². The molecule has 2 amide bonds. The summed E-state index contributed by atoms with van der Waals surface area (Å²) in [6.07, 6.45) is 4.22. The topological polar surface area (TPSA) is 87.9 Å². The van der Waals surface area contributed by atoms with Gasteiger partial charge in [0.2, 0.25) is 5.91 Å². The highest BCUT2D eigenvalue weighted by molar-refractivity contribution is 5.95. The number of carbonyl (C=O) groups excluding carboxylic acids is 2. The summed E-state index contributed by atoms with van der Waals surface area (Å²) in [4.78, 5) is 56.3. The predicted molar refractivity (Wildman–Crippen MR) is 137 cm³/mol. The Bertz CT molecular complexity index is 1210.